The molecule has 0 unspecified atom stereocenters. The van der Waals surface area contributed by atoms with Gasteiger partial charge in [0.15, 0.2) is 0 Å². The highest BCUT2D eigenvalue weighted by Gasteiger charge is 2.47. The fourth-order valence-corrected chi connectivity index (χ4v) is 4.31. The van der Waals surface area contributed by atoms with Gasteiger partial charge >= 0.3 is 24.3 Å². The average Bonchev–Trinajstić information content (AvgIpc) is 3.17. The number of piperidine rings is 1. The van der Waals surface area contributed by atoms with Crippen molar-refractivity contribution in [2.45, 2.75) is 51.6 Å². The lowest BCUT2D eigenvalue weighted by Gasteiger charge is -2.38. The van der Waals surface area contributed by atoms with Crippen molar-refractivity contribution in [2.75, 3.05) is 19.6 Å². The Morgan fingerprint density at radius 2 is 1.35 bits per heavy atom. The number of benzene rings is 1. The molecule has 14 heteroatoms. The quantitative estimate of drug-likeness (QED) is 0.508. The van der Waals surface area contributed by atoms with E-state index in [9.17, 15) is 31.1 Å². The van der Waals surface area contributed by atoms with Crippen LogP contribution in [0, 0.1) is 12.3 Å². The number of carbonyl (C=O) groups is 3. The fourth-order valence-electron chi connectivity index (χ4n) is 4.31. The summed E-state index contributed by atoms with van der Waals surface area (Å²) in [6.07, 6.45) is -3.55. The zero-order chi connectivity index (χ0) is 30.1. The first-order valence-electron chi connectivity index (χ1n) is 12.1. The van der Waals surface area contributed by atoms with Crippen molar-refractivity contribution in [1.82, 2.24) is 14.8 Å². The summed E-state index contributed by atoms with van der Waals surface area (Å²) in [4.78, 5) is 39.6. The van der Waals surface area contributed by atoms with E-state index in [1.807, 2.05) is 17.2 Å². The molecular weight excluding hydrogens is 548 g/mol. The van der Waals surface area contributed by atoms with Crippen LogP contribution in [0.3, 0.4) is 0 Å². The maximum absolute atomic E-state index is 13.1. The van der Waals surface area contributed by atoms with Gasteiger partial charge in [-0.15, -0.1) is 0 Å². The summed E-state index contributed by atoms with van der Waals surface area (Å²) in [5.41, 5.74) is 3.67. The van der Waals surface area contributed by atoms with Gasteiger partial charge in [0.25, 0.3) is 0 Å². The van der Waals surface area contributed by atoms with Crippen molar-refractivity contribution in [3.63, 3.8) is 0 Å². The van der Waals surface area contributed by atoms with E-state index in [4.69, 9.17) is 19.8 Å². The van der Waals surface area contributed by atoms with Gasteiger partial charge in [-0.1, -0.05) is 35.9 Å². The largest absolute Gasteiger partial charge is 0.490 e. The molecule has 2 saturated heterocycles. The van der Waals surface area contributed by atoms with E-state index in [1.54, 1.807) is 6.20 Å². The Labute approximate surface area is 226 Å². The van der Waals surface area contributed by atoms with Crippen molar-refractivity contribution in [3.8, 4) is 0 Å². The number of carboxylic acids is 2. The first-order valence-corrected chi connectivity index (χ1v) is 12.1. The van der Waals surface area contributed by atoms with E-state index in [-0.39, 0.29) is 5.41 Å². The summed E-state index contributed by atoms with van der Waals surface area (Å²) in [5.74, 6) is -5.16. The molecule has 0 atom stereocenters. The topological polar surface area (TPSA) is 111 Å². The Hall–Kier alpha value is -3.68. The minimum Gasteiger partial charge on any atom is -0.475 e. The summed E-state index contributed by atoms with van der Waals surface area (Å²) in [7, 11) is 0. The van der Waals surface area contributed by atoms with Crippen LogP contribution in [-0.2, 0) is 27.5 Å². The summed E-state index contributed by atoms with van der Waals surface area (Å²) in [6.45, 7) is 6.72. The first-order chi connectivity index (χ1) is 18.5. The molecule has 1 spiro atoms. The van der Waals surface area contributed by atoms with E-state index >= 15 is 0 Å². The second kappa shape index (κ2) is 13.6. The maximum Gasteiger partial charge on any atom is 0.490 e. The van der Waals surface area contributed by atoms with Crippen molar-refractivity contribution in [2.24, 2.45) is 5.41 Å². The third-order valence-electron chi connectivity index (χ3n) is 6.52. The van der Waals surface area contributed by atoms with Crippen LogP contribution in [0.1, 0.15) is 36.0 Å². The molecule has 0 aliphatic carbocycles. The minimum absolute atomic E-state index is 0.119. The van der Waals surface area contributed by atoms with Crippen LogP contribution in [0.5, 0.6) is 0 Å². The van der Waals surface area contributed by atoms with E-state index in [2.05, 4.69) is 47.1 Å². The minimum atomic E-state index is -5.08. The molecule has 0 radical (unpaired) electrons. The van der Waals surface area contributed by atoms with E-state index in [0.717, 1.165) is 51.0 Å². The number of carboxylic acid groups (broad SMARTS) is 2. The van der Waals surface area contributed by atoms with Gasteiger partial charge < -0.3 is 15.1 Å². The van der Waals surface area contributed by atoms with E-state index in [0.29, 0.717) is 12.5 Å². The fraction of sp³-hybridized carbons (Fsp3) is 0.462. The highest BCUT2D eigenvalue weighted by molar-refractivity contribution is 5.85. The van der Waals surface area contributed by atoms with Crippen LogP contribution in [0.2, 0.25) is 0 Å². The zero-order valence-corrected chi connectivity index (χ0v) is 21.5. The number of amides is 1. The number of aryl methyl sites for hydroxylation is 1. The molecule has 1 aromatic carbocycles. The summed E-state index contributed by atoms with van der Waals surface area (Å²) in [6, 6.07) is 12.8. The Bertz CT molecular complexity index is 1110. The van der Waals surface area contributed by atoms with Gasteiger partial charge in [0.2, 0.25) is 5.91 Å². The number of rotatable bonds is 4. The standard InChI is InChI=1S/C22H27N3O.2C2HF3O2/c1-18-4-6-19(7-5-18)16-24-12-8-22(9-13-24)10-14-25(21(22)26)17-20-3-2-11-23-15-20;2*3-2(4,5)1(6)7/h2-7,11,15H,8-10,12-14,16-17H2,1H3;2*(H,6,7). The van der Waals surface area contributed by atoms with Gasteiger partial charge in [-0.05, 0) is 56.5 Å². The lowest BCUT2D eigenvalue weighted by molar-refractivity contribution is -0.193. The Morgan fingerprint density at radius 3 is 1.80 bits per heavy atom. The monoisotopic (exact) mass is 577 g/mol. The molecule has 220 valence electrons. The molecule has 2 aliphatic heterocycles. The van der Waals surface area contributed by atoms with E-state index in [1.165, 1.54) is 11.1 Å². The van der Waals surface area contributed by atoms with Gasteiger partial charge in [0.05, 0.1) is 5.41 Å². The Kier molecular flexibility index (Phi) is 11.1. The van der Waals surface area contributed by atoms with Crippen molar-refractivity contribution in [3.05, 3.63) is 65.5 Å². The molecule has 2 aromatic rings. The average molecular weight is 578 g/mol. The molecule has 2 fully saturated rings. The van der Waals surface area contributed by atoms with Gasteiger partial charge in [-0.3, -0.25) is 14.7 Å². The van der Waals surface area contributed by atoms with Crippen LogP contribution in [0.4, 0.5) is 26.3 Å². The van der Waals surface area contributed by atoms with Gasteiger partial charge in [-0.25, -0.2) is 9.59 Å². The number of hydrogen-bond donors (Lipinski definition) is 2. The molecule has 4 rings (SSSR count). The van der Waals surface area contributed by atoms with Gasteiger partial charge in [0.1, 0.15) is 0 Å². The second-order valence-electron chi connectivity index (χ2n) is 9.49. The molecular formula is C26H29F6N3O5. The Balaban J connectivity index is 0.000000333. The smallest absolute Gasteiger partial charge is 0.475 e. The Morgan fingerprint density at radius 1 is 0.850 bits per heavy atom. The highest BCUT2D eigenvalue weighted by atomic mass is 19.4. The maximum atomic E-state index is 13.1. The predicted octanol–water partition coefficient (Wildman–Crippen LogP) is 4.67. The van der Waals surface area contributed by atoms with Crippen LogP contribution in [0.25, 0.3) is 0 Å². The second-order valence-corrected chi connectivity index (χ2v) is 9.49. The molecule has 3 heterocycles. The summed E-state index contributed by atoms with van der Waals surface area (Å²) >= 11 is 0. The van der Waals surface area contributed by atoms with E-state index < -0.39 is 24.3 Å². The van der Waals surface area contributed by atoms with Crippen molar-refractivity contribution in [1.29, 1.82) is 0 Å². The molecule has 1 amide bonds. The molecule has 0 bridgehead atoms. The number of halogens is 6. The number of aromatic nitrogens is 1. The molecule has 0 saturated carbocycles. The number of likely N-dealkylation sites (tertiary alicyclic amines) is 2. The van der Waals surface area contributed by atoms with Gasteiger partial charge in [-0.2, -0.15) is 26.3 Å². The van der Waals surface area contributed by atoms with Crippen molar-refractivity contribution < 1.29 is 50.9 Å². The molecule has 40 heavy (non-hydrogen) atoms. The lowest BCUT2D eigenvalue weighted by atomic mass is 9.77. The first kappa shape index (κ1) is 32.5. The molecule has 2 aliphatic rings. The third kappa shape index (κ3) is 9.81. The molecule has 2 N–H and O–H groups in total. The molecule has 8 nitrogen and oxygen atoms in total. The third-order valence-corrected chi connectivity index (χ3v) is 6.52. The normalized spacial score (nSPS) is 17.0. The number of aliphatic carboxylic acids is 2. The number of alkyl halides is 6. The SMILES string of the molecule is Cc1ccc(CN2CCC3(CC2)CCN(Cc2cccnc2)C3=O)cc1.O=C(O)C(F)(F)F.O=C(O)C(F)(F)F. The van der Waals surface area contributed by atoms with Crippen LogP contribution >= 0.6 is 0 Å². The number of pyridine rings is 1. The molecule has 1 aromatic heterocycles. The summed E-state index contributed by atoms with van der Waals surface area (Å²) in [5, 5.41) is 14.2. The van der Waals surface area contributed by atoms with Crippen LogP contribution in [0.15, 0.2) is 48.8 Å². The lowest BCUT2D eigenvalue weighted by Crippen LogP contribution is -2.44. The van der Waals surface area contributed by atoms with Crippen LogP contribution in [-0.4, -0.2) is 74.8 Å². The predicted molar refractivity (Wildman–Crippen MR) is 130 cm³/mol. The zero-order valence-electron chi connectivity index (χ0n) is 21.5. The van der Waals surface area contributed by atoms with Crippen LogP contribution < -0.4 is 0 Å². The summed E-state index contributed by atoms with van der Waals surface area (Å²) < 4.78 is 63.5. The van der Waals surface area contributed by atoms with Crippen molar-refractivity contribution >= 4 is 17.8 Å². The van der Waals surface area contributed by atoms with Gasteiger partial charge in [0, 0.05) is 32.0 Å². The number of nitrogens with zero attached hydrogens (tertiary/aromatic N) is 3. The number of hydrogen-bond acceptors (Lipinski definition) is 5. The number of carbonyl (C=O) groups excluding carboxylic acids is 1. The highest BCUT2D eigenvalue weighted by Crippen LogP contribution is 2.42.